The normalized spacial score (nSPS) is 10.5. The van der Waals surface area contributed by atoms with Crippen molar-refractivity contribution in [1.29, 1.82) is 0 Å². The van der Waals surface area contributed by atoms with Crippen LogP contribution in [0.3, 0.4) is 0 Å². The molecular weight excluding hydrogens is 286 g/mol. The summed E-state index contributed by atoms with van der Waals surface area (Å²) in [6, 6.07) is 5.66. The molecule has 0 aliphatic heterocycles. The average molecular weight is 298 g/mol. The van der Waals surface area contributed by atoms with Gasteiger partial charge in [0.1, 0.15) is 12.1 Å². The summed E-state index contributed by atoms with van der Waals surface area (Å²) in [5.74, 6) is 0.741. The number of aryl methyl sites for hydroxylation is 1. The summed E-state index contributed by atoms with van der Waals surface area (Å²) >= 11 is 3.39. The van der Waals surface area contributed by atoms with Crippen molar-refractivity contribution in [2.75, 3.05) is 7.11 Å². The summed E-state index contributed by atoms with van der Waals surface area (Å²) in [5.41, 5.74) is 0.759. The Morgan fingerprint density at radius 2 is 2.24 bits per heavy atom. The number of hydrogen-bond donors (Lipinski definition) is 0. The predicted molar refractivity (Wildman–Crippen MR) is 67.3 cm³/mol. The number of benzene rings is 1. The van der Waals surface area contributed by atoms with Crippen molar-refractivity contribution in [3.63, 3.8) is 0 Å². The third-order valence-corrected chi connectivity index (χ3v) is 2.94. The molecule has 0 unspecified atom stereocenters. The van der Waals surface area contributed by atoms with Gasteiger partial charge in [-0.25, -0.2) is 9.48 Å². The minimum Gasteiger partial charge on any atom is -0.496 e. The quantitative estimate of drug-likeness (QED) is 0.860. The average Bonchev–Trinajstić information content (AvgIpc) is 2.61. The van der Waals surface area contributed by atoms with Gasteiger partial charge in [0, 0.05) is 17.1 Å². The van der Waals surface area contributed by atoms with Gasteiger partial charge in [-0.15, -0.1) is 0 Å². The highest BCUT2D eigenvalue weighted by Gasteiger charge is 2.08. The highest BCUT2D eigenvalue weighted by molar-refractivity contribution is 9.10. The summed E-state index contributed by atoms with van der Waals surface area (Å²) in [4.78, 5) is 11.7. The number of aromatic nitrogens is 3. The molecule has 0 bridgehead atoms. The lowest BCUT2D eigenvalue weighted by Crippen LogP contribution is -2.23. The largest absolute Gasteiger partial charge is 0.496 e. The zero-order valence-electron chi connectivity index (χ0n) is 9.55. The van der Waals surface area contributed by atoms with E-state index >= 15 is 0 Å². The number of halogens is 1. The fourth-order valence-corrected chi connectivity index (χ4v) is 1.97. The van der Waals surface area contributed by atoms with Gasteiger partial charge in [-0.05, 0) is 18.2 Å². The van der Waals surface area contributed by atoms with E-state index in [-0.39, 0.29) is 5.69 Å². The molecule has 0 N–H and O–H groups in total. The van der Waals surface area contributed by atoms with E-state index in [1.165, 1.54) is 15.6 Å². The number of rotatable bonds is 3. The molecule has 17 heavy (non-hydrogen) atoms. The molecule has 2 rings (SSSR count). The first kappa shape index (κ1) is 11.9. The Morgan fingerprint density at radius 3 is 2.82 bits per heavy atom. The van der Waals surface area contributed by atoms with E-state index in [1.807, 2.05) is 18.2 Å². The van der Waals surface area contributed by atoms with Gasteiger partial charge in [-0.2, -0.15) is 5.10 Å². The van der Waals surface area contributed by atoms with Crippen LogP contribution in [0.25, 0.3) is 0 Å². The maximum absolute atomic E-state index is 11.7. The molecule has 0 atom stereocenters. The van der Waals surface area contributed by atoms with Crippen LogP contribution in [-0.4, -0.2) is 21.5 Å². The summed E-state index contributed by atoms with van der Waals surface area (Å²) < 4.78 is 9.02. The van der Waals surface area contributed by atoms with Gasteiger partial charge >= 0.3 is 5.69 Å². The van der Waals surface area contributed by atoms with Crippen LogP contribution < -0.4 is 10.4 Å². The van der Waals surface area contributed by atoms with Gasteiger partial charge in [0.15, 0.2) is 0 Å². The molecule has 2 aromatic rings. The number of nitrogens with zero attached hydrogens (tertiary/aromatic N) is 3. The second-order valence-corrected chi connectivity index (χ2v) is 4.55. The van der Waals surface area contributed by atoms with E-state index in [9.17, 15) is 4.79 Å². The zero-order valence-corrected chi connectivity index (χ0v) is 11.1. The van der Waals surface area contributed by atoms with Crippen molar-refractivity contribution in [3.05, 3.63) is 45.0 Å². The molecule has 0 spiro atoms. The second kappa shape index (κ2) is 4.75. The first-order valence-electron chi connectivity index (χ1n) is 5.02. The Hall–Kier alpha value is -1.56. The first-order chi connectivity index (χ1) is 8.11. The van der Waals surface area contributed by atoms with E-state index in [0.717, 1.165) is 15.8 Å². The molecule has 6 heteroatoms. The van der Waals surface area contributed by atoms with Gasteiger partial charge in [0.25, 0.3) is 0 Å². The van der Waals surface area contributed by atoms with Gasteiger partial charge in [-0.1, -0.05) is 15.9 Å². The van der Waals surface area contributed by atoms with Gasteiger partial charge in [0.05, 0.1) is 13.7 Å². The molecule has 0 aliphatic carbocycles. The van der Waals surface area contributed by atoms with E-state index < -0.39 is 0 Å². The maximum Gasteiger partial charge on any atom is 0.345 e. The standard InChI is InChI=1S/C11H12BrN3O2/c1-14-7-13-15(11(14)16)6-8-5-9(12)3-4-10(8)17-2/h3-5,7H,6H2,1-2H3. The van der Waals surface area contributed by atoms with Crippen molar-refractivity contribution < 1.29 is 4.74 Å². The molecule has 0 aliphatic rings. The lowest BCUT2D eigenvalue weighted by Gasteiger charge is -2.08. The number of hydrogen-bond acceptors (Lipinski definition) is 3. The van der Waals surface area contributed by atoms with Crippen LogP contribution in [0.4, 0.5) is 0 Å². The molecule has 0 fully saturated rings. The van der Waals surface area contributed by atoms with Crippen molar-refractivity contribution in [2.24, 2.45) is 7.05 Å². The van der Waals surface area contributed by atoms with Gasteiger partial charge in [-0.3, -0.25) is 4.57 Å². The van der Waals surface area contributed by atoms with Gasteiger partial charge in [0.2, 0.25) is 0 Å². The van der Waals surface area contributed by atoms with Crippen molar-refractivity contribution in [3.8, 4) is 5.75 Å². The van der Waals surface area contributed by atoms with E-state index in [1.54, 1.807) is 14.2 Å². The first-order valence-corrected chi connectivity index (χ1v) is 5.82. The van der Waals surface area contributed by atoms with Crippen LogP contribution in [0, 0.1) is 0 Å². The zero-order chi connectivity index (χ0) is 12.4. The Kier molecular flexibility index (Phi) is 3.33. The predicted octanol–water partition coefficient (Wildman–Crippen LogP) is 1.40. The Morgan fingerprint density at radius 1 is 1.47 bits per heavy atom. The summed E-state index contributed by atoms with van der Waals surface area (Å²) in [5, 5.41) is 4.01. The topological polar surface area (TPSA) is 49.0 Å². The molecule has 0 radical (unpaired) electrons. The van der Waals surface area contributed by atoms with Crippen molar-refractivity contribution >= 4 is 15.9 Å². The molecule has 1 aromatic heterocycles. The van der Waals surface area contributed by atoms with Crippen LogP contribution in [-0.2, 0) is 13.6 Å². The minimum atomic E-state index is -0.146. The smallest absolute Gasteiger partial charge is 0.345 e. The fraction of sp³-hybridized carbons (Fsp3) is 0.273. The van der Waals surface area contributed by atoms with Crippen LogP contribution in [0.1, 0.15) is 5.56 Å². The van der Waals surface area contributed by atoms with Crippen LogP contribution in [0.2, 0.25) is 0 Å². The Bertz CT molecular complexity index is 589. The van der Waals surface area contributed by atoms with E-state index in [0.29, 0.717) is 6.54 Å². The van der Waals surface area contributed by atoms with Crippen LogP contribution >= 0.6 is 15.9 Å². The monoisotopic (exact) mass is 297 g/mol. The molecule has 1 heterocycles. The molecule has 0 saturated heterocycles. The summed E-state index contributed by atoms with van der Waals surface area (Å²) in [7, 11) is 3.28. The molecular formula is C11H12BrN3O2. The van der Waals surface area contributed by atoms with E-state index in [2.05, 4.69) is 21.0 Å². The van der Waals surface area contributed by atoms with Crippen LogP contribution in [0.5, 0.6) is 5.75 Å². The van der Waals surface area contributed by atoms with E-state index in [4.69, 9.17) is 4.74 Å². The fourth-order valence-electron chi connectivity index (χ4n) is 1.56. The lowest BCUT2D eigenvalue weighted by atomic mass is 10.2. The second-order valence-electron chi connectivity index (χ2n) is 3.64. The molecule has 5 nitrogen and oxygen atoms in total. The SMILES string of the molecule is COc1ccc(Br)cc1Cn1ncn(C)c1=O. The Labute approximate surface area is 107 Å². The summed E-state index contributed by atoms with van der Waals surface area (Å²) in [6.07, 6.45) is 1.49. The van der Waals surface area contributed by atoms with Crippen molar-refractivity contribution in [1.82, 2.24) is 14.3 Å². The molecule has 0 saturated carbocycles. The highest BCUT2D eigenvalue weighted by atomic mass is 79.9. The summed E-state index contributed by atoms with van der Waals surface area (Å²) in [6.45, 7) is 0.391. The molecule has 0 amide bonds. The lowest BCUT2D eigenvalue weighted by molar-refractivity contribution is 0.407. The van der Waals surface area contributed by atoms with Crippen molar-refractivity contribution in [2.45, 2.75) is 6.54 Å². The van der Waals surface area contributed by atoms with Crippen LogP contribution in [0.15, 0.2) is 33.8 Å². The number of ether oxygens (including phenoxy) is 1. The minimum absolute atomic E-state index is 0.146. The maximum atomic E-state index is 11.7. The third-order valence-electron chi connectivity index (χ3n) is 2.45. The highest BCUT2D eigenvalue weighted by Crippen LogP contribution is 2.23. The number of methoxy groups -OCH3 is 1. The van der Waals surface area contributed by atoms with Gasteiger partial charge < -0.3 is 4.74 Å². The Balaban J connectivity index is 2.38. The third kappa shape index (κ3) is 2.41. The molecule has 90 valence electrons. The molecule has 1 aromatic carbocycles.